The van der Waals surface area contributed by atoms with E-state index in [9.17, 15) is 8.42 Å². The Morgan fingerprint density at radius 1 is 1.05 bits per heavy atom. The maximum absolute atomic E-state index is 12.8. The van der Waals surface area contributed by atoms with Gasteiger partial charge in [-0.15, -0.1) is 0 Å². The fourth-order valence-corrected chi connectivity index (χ4v) is 5.46. The Labute approximate surface area is 236 Å². The maximum atomic E-state index is 12.8. The van der Waals surface area contributed by atoms with Crippen molar-refractivity contribution in [3.63, 3.8) is 0 Å². The number of amidine groups is 1. The van der Waals surface area contributed by atoms with Gasteiger partial charge in [0.05, 0.1) is 28.6 Å². The topological polar surface area (TPSA) is 128 Å². The molecule has 2 aliphatic rings. The quantitative estimate of drug-likeness (QED) is 0.210. The number of fused-ring (bicyclic) bond motifs is 1. The molecular weight excluding hydrogens is 528 g/mol. The van der Waals surface area contributed by atoms with Crippen molar-refractivity contribution < 1.29 is 13.2 Å². The number of nitrogens with one attached hydrogen (secondary N) is 1. The highest BCUT2D eigenvalue weighted by Gasteiger charge is 2.34. The number of benzene rings is 2. The Balaban J connectivity index is 1.27. The number of hydrogen-bond acceptors (Lipinski definition) is 10. The predicted molar refractivity (Wildman–Crippen MR) is 158 cm³/mol. The fourth-order valence-electron chi connectivity index (χ4n) is 4.39. The number of aliphatic imine (C=N–C) groups is 1. The number of anilines is 1. The molecule has 0 fully saturated rings. The third-order valence-electron chi connectivity index (χ3n) is 6.50. The molecule has 3 N–H and O–H groups in total. The molecule has 12 heteroatoms. The highest BCUT2D eigenvalue weighted by atomic mass is 32.2. The summed E-state index contributed by atoms with van der Waals surface area (Å²) in [6.07, 6.45) is 5.20. The van der Waals surface area contributed by atoms with Gasteiger partial charge >= 0.3 is 0 Å². The smallest absolute Gasteiger partial charge is 0.240 e. The van der Waals surface area contributed by atoms with Gasteiger partial charge in [0.2, 0.25) is 10.0 Å². The van der Waals surface area contributed by atoms with Crippen LogP contribution < -0.4 is 15.5 Å². The van der Waals surface area contributed by atoms with E-state index < -0.39 is 10.0 Å². The molecule has 0 aliphatic carbocycles. The minimum atomic E-state index is -3.64. The van der Waals surface area contributed by atoms with E-state index in [1.165, 1.54) is 12.1 Å². The molecule has 4 rings (SSSR count). The Morgan fingerprint density at radius 3 is 2.33 bits per heavy atom. The Kier molecular flexibility index (Phi) is 9.69. The van der Waals surface area contributed by atoms with Gasteiger partial charge < -0.3 is 14.5 Å². The van der Waals surface area contributed by atoms with Gasteiger partial charge in [-0.3, -0.25) is 5.01 Å². The van der Waals surface area contributed by atoms with Crippen LogP contribution in [-0.2, 0) is 14.8 Å². The summed E-state index contributed by atoms with van der Waals surface area (Å²) >= 11 is 0. The van der Waals surface area contributed by atoms with Gasteiger partial charge in [-0.1, -0.05) is 0 Å². The molecule has 2 heterocycles. The molecule has 214 valence electrons. The van der Waals surface area contributed by atoms with Crippen molar-refractivity contribution in [1.29, 1.82) is 0 Å². The van der Waals surface area contributed by atoms with Crippen molar-refractivity contribution in [2.24, 2.45) is 21.1 Å². The Bertz CT molecular complexity index is 1380. The lowest BCUT2D eigenvalue weighted by Crippen LogP contribution is -2.39. The van der Waals surface area contributed by atoms with E-state index in [1.807, 2.05) is 63.3 Å². The minimum absolute atomic E-state index is 0.156. The highest BCUT2D eigenvalue weighted by molar-refractivity contribution is 7.89. The van der Waals surface area contributed by atoms with E-state index in [4.69, 9.17) is 15.6 Å². The number of nitrogens with two attached hydrogens (primary N) is 1. The number of unbranched alkanes of at least 4 members (excludes halogenated alkanes) is 1. The molecule has 40 heavy (non-hydrogen) atoms. The first-order valence-corrected chi connectivity index (χ1v) is 14.8. The summed E-state index contributed by atoms with van der Waals surface area (Å²) in [5, 5.41) is 10.00. The molecule has 1 atom stereocenters. The first-order valence-electron chi connectivity index (χ1n) is 13.3. The second kappa shape index (κ2) is 13.2. The van der Waals surface area contributed by atoms with Crippen LogP contribution >= 0.6 is 0 Å². The van der Waals surface area contributed by atoms with Crippen LogP contribution in [0.1, 0.15) is 26.7 Å². The highest BCUT2D eigenvalue weighted by Crippen LogP contribution is 2.28. The molecule has 0 spiro atoms. The number of hydrogen-bond donors (Lipinski definition) is 2. The van der Waals surface area contributed by atoms with Crippen LogP contribution in [0, 0.1) is 0 Å². The van der Waals surface area contributed by atoms with E-state index in [2.05, 4.69) is 25.9 Å². The van der Waals surface area contributed by atoms with Crippen molar-refractivity contribution in [1.82, 2.24) is 14.6 Å². The lowest BCUT2D eigenvalue weighted by molar-refractivity contribution is 0.0912. The molecule has 0 saturated heterocycles. The van der Waals surface area contributed by atoms with Crippen LogP contribution in [0.25, 0.3) is 0 Å². The molecule has 0 radical (unpaired) electrons. The van der Waals surface area contributed by atoms with E-state index in [1.54, 1.807) is 17.1 Å². The number of allylic oxidation sites excluding steroid dienone is 2. The Morgan fingerprint density at radius 2 is 1.70 bits per heavy atom. The van der Waals surface area contributed by atoms with Crippen molar-refractivity contribution in [2.45, 2.75) is 37.8 Å². The molecule has 0 amide bonds. The average molecular weight is 567 g/mol. The summed E-state index contributed by atoms with van der Waals surface area (Å²) in [6.45, 7) is 6.05. The van der Waals surface area contributed by atoms with Crippen molar-refractivity contribution >= 4 is 32.9 Å². The van der Waals surface area contributed by atoms with Gasteiger partial charge in [-0.05, 0) is 86.9 Å². The second-order valence-electron chi connectivity index (χ2n) is 9.81. The van der Waals surface area contributed by atoms with Gasteiger partial charge in [-0.2, -0.15) is 10.2 Å². The zero-order chi connectivity index (χ0) is 28.7. The third-order valence-corrected chi connectivity index (χ3v) is 7.98. The van der Waals surface area contributed by atoms with Gasteiger partial charge in [0, 0.05) is 45.7 Å². The number of azo groups is 1. The van der Waals surface area contributed by atoms with Crippen molar-refractivity contribution in [2.75, 3.05) is 45.3 Å². The van der Waals surface area contributed by atoms with Crippen molar-refractivity contribution in [3.05, 3.63) is 72.1 Å². The lowest BCUT2D eigenvalue weighted by Gasteiger charge is -2.29. The summed E-state index contributed by atoms with van der Waals surface area (Å²) in [7, 11) is 0.310. The van der Waals surface area contributed by atoms with Crippen LogP contribution in [0.2, 0.25) is 0 Å². The largest absolute Gasteiger partial charge is 0.378 e. The first kappa shape index (κ1) is 29.4. The monoisotopic (exact) mass is 566 g/mol. The molecular formula is C28H38N8O3S. The van der Waals surface area contributed by atoms with E-state index in [0.717, 1.165) is 34.9 Å². The van der Waals surface area contributed by atoms with Crippen LogP contribution in [0.5, 0.6) is 0 Å². The number of sulfonamides is 1. The standard InChI is InChI=1S/C28H38N8O3S/c1-5-39-20-27-31-28-26(18-21(2)19-36(28)29)35(27)17-7-6-16-30-40(37,38)25-14-10-23(11-15-25)33-32-22-8-12-24(13-9-22)34(3)4/h8-15,18-19,27,30H,5-7,16-17,20,29H2,1-4H3/b33-32+. The van der Waals surface area contributed by atoms with E-state index in [-0.39, 0.29) is 11.1 Å². The SMILES string of the molecule is CCOCC1N=C2C(=CC(C)=CN2N)N1CCCCNS(=O)(=O)c1ccc(/N=N/c2ccc(N(C)C)cc2)cc1. The Hall–Kier alpha value is -3.58. The zero-order valence-corrected chi connectivity index (χ0v) is 24.3. The molecule has 0 bridgehead atoms. The summed E-state index contributed by atoms with van der Waals surface area (Å²) in [5.74, 6) is 6.86. The van der Waals surface area contributed by atoms with Gasteiger partial charge in [0.25, 0.3) is 0 Å². The average Bonchev–Trinajstić information content (AvgIpc) is 3.28. The van der Waals surface area contributed by atoms with Gasteiger partial charge in [-0.25, -0.2) is 24.0 Å². The van der Waals surface area contributed by atoms with Crippen LogP contribution in [0.4, 0.5) is 17.1 Å². The lowest BCUT2D eigenvalue weighted by atomic mass is 10.1. The van der Waals surface area contributed by atoms with Crippen LogP contribution in [-0.4, -0.2) is 70.7 Å². The fraction of sp³-hybridized carbons (Fsp3) is 0.393. The molecule has 0 saturated carbocycles. The zero-order valence-electron chi connectivity index (χ0n) is 23.5. The first-order chi connectivity index (χ1) is 19.2. The normalized spacial score (nSPS) is 17.1. The summed E-state index contributed by atoms with van der Waals surface area (Å²) in [5.41, 5.74) is 4.37. The summed E-state index contributed by atoms with van der Waals surface area (Å²) in [6, 6.07) is 14.1. The summed E-state index contributed by atoms with van der Waals surface area (Å²) < 4.78 is 34.0. The molecule has 2 aromatic rings. The maximum Gasteiger partial charge on any atom is 0.240 e. The van der Waals surface area contributed by atoms with E-state index in [0.29, 0.717) is 38.4 Å². The predicted octanol–water partition coefficient (Wildman–Crippen LogP) is 4.28. The van der Waals surface area contributed by atoms with Crippen molar-refractivity contribution in [3.8, 4) is 0 Å². The van der Waals surface area contributed by atoms with E-state index >= 15 is 0 Å². The molecule has 2 aromatic carbocycles. The second-order valence-corrected chi connectivity index (χ2v) is 11.6. The molecule has 1 unspecified atom stereocenters. The number of ether oxygens (including phenoxy) is 1. The number of hydrazine groups is 1. The van der Waals surface area contributed by atoms with Gasteiger partial charge in [0.1, 0.15) is 6.17 Å². The van der Waals surface area contributed by atoms with Gasteiger partial charge in [0.15, 0.2) is 5.84 Å². The minimum Gasteiger partial charge on any atom is -0.378 e. The molecule has 2 aliphatic heterocycles. The van der Waals surface area contributed by atoms with Crippen LogP contribution in [0.15, 0.2) is 92.2 Å². The van der Waals surface area contributed by atoms with Crippen LogP contribution in [0.3, 0.4) is 0 Å². The third kappa shape index (κ3) is 7.33. The summed E-state index contributed by atoms with van der Waals surface area (Å²) in [4.78, 5) is 9.12. The molecule has 11 nitrogen and oxygen atoms in total. The number of nitrogens with zero attached hydrogens (tertiary/aromatic N) is 6. The number of rotatable bonds is 13. The molecule has 0 aromatic heterocycles.